The number of hydrogen-bond acceptors (Lipinski definition) is 2. The molecule has 0 fully saturated rings. The van der Waals surface area contributed by atoms with E-state index in [0.29, 0.717) is 5.69 Å². The van der Waals surface area contributed by atoms with Gasteiger partial charge < -0.3 is 0 Å². The maximum Gasteiger partial charge on any atom is 0.278 e. The molecule has 1 heterocycles. The topological polar surface area (TPSA) is 32.7 Å². The lowest BCUT2D eigenvalue weighted by Gasteiger charge is -2.11. The molecule has 0 N–H and O–H groups in total. The van der Waals surface area contributed by atoms with Crippen molar-refractivity contribution in [1.82, 2.24) is 0 Å². The van der Waals surface area contributed by atoms with Gasteiger partial charge in [0, 0.05) is 0 Å². The van der Waals surface area contributed by atoms with Crippen molar-refractivity contribution in [3.05, 3.63) is 29.8 Å². The number of benzene rings is 1. The Bertz CT molecular complexity index is 440. The minimum absolute atomic E-state index is 0.300. The molecule has 0 saturated carbocycles. The lowest BCUT2D eigenvalue weighted by Crippen LogP contribution is -2.19. The average Bonchev–Trinajstić information content (AvgIpc) is 2.62. The van der Waals surface area contributed by atoms with Gasteiger partial charge in [0.2, 0.25) is 0 Å². The summed E-state index contributed by atoms with van der Waals surface area (Å²) < 4.78 is 24.7. The zero-order valence-corrected chi connectivity index (χ0v) is 8.65. The van der Waals surface area contributed by atoms with Gasteiger partial charge in [0.05, 0.1) is 12.1 Å². The van der Waals surface area contributed by atoms with Crippen molar-refractivity contribution in [3.63, 3.8) is 0 Å². The van der Waals surface area contributed by atoms with E-state index < -0.39 is 12.3 Å². The van der Waals surface area contributed by atoms with E-state index in [1.54, 1.807) is 24.3 Å². The standard InChI is InChI=1S/C11H10F2N2O/c1-7-2-4-8(5-3-7)15-10(16)6-9(14-15)11(12)13/h2-5,11H,6H2,1H3. The Morgan fingerprint density at radius 2 is 1.94 bits per heavy atom. The molecule has 1 aliphatic rings. The fourth-order valence-electron chi connectivity index (χ4n) is 1.46. The van der Waals surface area contributed by atoms with Gasteiger partial charge in [-0.3, -0.25) is 4.79 Å². The predicted molar refractivity (Wildman–Crippen MR) is 56.7 cm³/mol. The van der Waals surface area contributed by atoms with Crippen LogP contribution in [0.15, 0.2) is 29.4 Å². The summed E-state index contributed by atoms with van der Waals surface area (Å²) in [6, 6.07) is 6.98. The molecule has 1 aromatic carbocycles. The molecule has 0 spiro atoms. The van der Waals surface area contributed by atoms with Crippen LogP contribution >= 0.6 is 0 Å². The van der Waals surface area contributed by atoms with Crippen LogP contribution in [-0.2, 0) is 4.79 Å². The average molecular weight is 224 g/mol. The molecule has 3 nitrogen and oxygen atoms in total. The smallest absolute Gasteiger partial charge is 0.272 e. The molecule has 0 atom stereocenters. The van der Waals surface area contributed by atoms with Crippen LogP contribution in [0.4, 0.5) is 14.5 Å². The lowest BCUT2D eigenvalue weighted by atomic mass is 10.2. The normalized spacial score (nSPS) is 15.9. The molecule has 84 valence electrons. The first-order valence-electron chi connectivity index (χ1n) is 4.83. The Labute approximate surface area is 91.4 Å². The van der Waals surface area contributed by atoms with Gasteiger partial charge >= 0.3 is 0 Å². The van der Waals surface area contributed by atoms with E-state index in [9.17, 15) is 13.6 Å². The number of amides is 1. The number of alkyl halides is 2. The van der Waals surface area contributed by atoms with E-state index in [2.05, 4.69) is 5.10 Å². The van der Waals surface area contributed by atoms with Crippen LogP contribution in [0.3, 0.4) is 0 Å². The minimum Gasteiger partial charge on any atom is -0.272 e. The first-order chi connectivity index (χ1) is 7.58. The predicted octanol–water partition coefficient (Wildman–Crippen LogP) is 2.35. The van der Waals surface area contributed by atoms with E-state index in [1.807, 2.05) is 6.92 Å². The quantitative estimate of drug-likeness (QED) is 0.759. The molecule has 2 rings (SSSR count). The molecule has 0 aromatic heterocycles. The van der Waals surface area contributed by atoms with Crippen molar-refractivity contribution in [2.75, 3.05) is 5.01 Å². The number of hydrazone groups is 1. The molecular formula is C11H10F2N2O. The van der Waals surface area contributed by atoms with Gasteiger partial charge in [-0.25, -0.2) is 13.8 Å². The number of nitrogens with zero attached hydrogens (tertiary/aromatic N) is 2. The van der Waals surface area contributed by atoms with Crippen LogP contribution in [0.25, 0.3) is 0 Å². The third kappa shape index (κ3) is 1.93. The van der Waals surface area contributed by atoms with Crippen LogP contribution in [0.5, 0.6) is 0 Å². The molecule has 5 heteroatoms. The first-order valence-corrected chi connectivity index (χ1v) is 4.83. The van der Waals surface area contributed by atoms with E-state index in [1.165, 1.54) is 0 Å². The van der Waals surface area contributed by atoms with Gasteiger partial charge in [0.25, 0.3) is 12.3 Å². The first kappa shape index (κ1) is 10.7. The number of anilines is 1. The van der Waals surface area contributed by atoms with Gasteiger partial charge in [-0.1, -0.05) is 17.7 Å². The molecule has 0 unspecified atom stereocenters. The Morgan fingerprint density at radius 1 is 1.31 bits per heavy atom. The molecule has 0 radical (unpaired) electrons. The summed E-state index contributed by atoms with van der Waals surface area (Å²) in [4.78, 5) is 11.5. The lowest BCUT2D eigenvalue weighted by molar-refractivity contribution is -0.117. The minimum atomic E-state index is -2.67. The summed E-state index contributed by atoms with van der Waals surface area (Å²) in [5, 5.41) is 4.65. The number of rotatable bonds is 2. The Morgan fingerprint density at radius 3 is 2.44 bits per heavy atom. The highest BCUT2D eigenvalue weighted by Crippen LogP contribution is 2.22. The zero-order chi connectivity index (χ0) is 11.7. The van der Waals surface area contributed by atoms with Crippen molar-refractivity contribution >= 4 is 17.3 Å². The van der Waals surface area contributed by atoms with Gasteiger partial charge in [-0.05, 0) is 19.1 Å². The van der Waals surface area contributed by atoms with Gasteiger partial charge in [-0.15, -0.1) is 0 Å². The summed E-state index contributed by atoms with van der Waals surface area (Å²) in [5.41, 5.74) is 1.19. The van der Waals surface area contributed by atoms with Crippen LogP contribution in [0, 0.1) is 6.92 Å². The number of halogens is 2. The number of carbonyl (C=O) groups excluding carboxylic acids is 1. The third-order valence-corrected chi connectivity index (χ3v) is 2.33. The molecular weight excluding hydrogens is 214 g/mol. The monoisotopic (exact) mass is 224 g/mol. The highest BCUT2D eigenvalue weighted by atomic mass is 19.3. The third-order valence-electron chi connectivity index (χ3n) is 2.33. The van der Waals surface area contributed by atoms with Crippen molar-refractivity contribution in [2.45, 2.75) is 19.8 Å². The second-order valence-corrected chi connectivity index (χ2v) is 3.61. The van der Waals surface area contributed by atoms with Gasteiger partial charge in [0.15, 0.2) is 0 Å². The number of hydrogen-bond donors (Lipinski definition) is 0. The molecule has 16 heavy (non-hydrogen) atoms. The second kappa shape index (κ2) is 4.00. The van der Waals surface area contributed by atoms with Gasteiger partial charge in [0.1, 0.15) is 5.71 Å². The van der Waals surface area contributed by atoms with E-state index in [-0.39, 0.29) is 12.1 Å². The Balaban J connectivity index is 2.28. The van der Waals surface area contributed by atoms with Crippen molar-refractivity contribution < 1.29 is 13.6 Å². The summed E-state index contributed by atoms with van der Waals surface area (Å²) in [7, 11) is 0. The zero-order valence-electron chi connectivity index (χ0n) is 8.65. The van der Waals surface area contributed by atoms with Gasteiger partial charge in [-0.2, -0.15) is 5.10 Å². The number of carbonyl (C=O) groups is 1. The molecule has 1 amide bonds. The van der Waals surface area contributed by atoms with Crippen molar-refractivity contribution in [3.8, 4) is 0 Å². The fourth-order valence-corrected chi connectivity index (χ4v) is 1.46. The highest BCUT2D eigenvalue weighted by Gasteiger charge is 2.29. The summed E-state index contributed by atoms with van der Waals surface area (Å²) in [6.45, 7) is 1.91. The SMILES string of the molecule is Cc1ccc(N2N=C(C(F)F)CC2=O)cc1. The van der Waals surface area contributed by atoms with Crippen LogP contribution in [0.1, 0.15) is 12.0 Å². The molecule has 0 aliphatic carbocycles. The largest absolute Gasteiger partial charge is 0.278 e. The second-order valence-electron chi connectivity index (χ2n) is 3.61. The molecule has 0 bridgehead atoms. The van der Waals surface area contributed by atoms with Crippen LogP contribution < -0.4 is 5.01 Å². The molecule has 1 aromatic rings. The maximum atomic E-state index is 12.4. The molecule has 1 aliphatic heterocycles. The van der Waals surface area contributed by atoms with E-state index in [4.69, 9.17) is 0 Å². The fraction of sp³-hybridized carbons (Fsp3) is 0.273. The highest BCUT2D eigenvalue weighted by molar-refractivity contribution is 6.13. The van der Waals surface area contributed by atoms with E-state index in [0.717, 1.165) is 10.6 Å². The summed E-state index contributed by atoms with van der Waals surface area (Å²) >= 11 is 0. The van der Waals surface area contributed by atoms with Crippen molar-refractivity contribution in [1.29, 1.82) is 0 Å². The molecule has 0 saturated heterocycles. The summed E-state index contributed by atoms with van der Waals surface area (Å²) in [6.07, 6.45) is -2.97. The van der Waals surface area contributed by atoms with Crippen molar-refractivity contribution in [2.24, 2.45) is 5.10 Å². The van der Waals surface area contributed by atoms with E-state index >= 15 is 0 Å². The van der Waals surface area contributed by atoms with Crippen LogP contribution in [0.2, 0.25) is 0 Å². The summed E-state index contributed by atoms with van der Waals surface area (Å²) in [5.74, 6) is -0.417. The Kier molecular flexibility index (Phi) is 2.68. The number of aryl methyl sites for hydroxylation is 1. The maximum absolute atomic E-state index is 12.4. The van der Waals surface area contributed by atoms with Crippen LogP contribution in [-0.4, -0.2) is 18.0 Å². The Hall–Kier alpha value is -1.78.